The number of nitrogen functional groups attached to an aromatic ring is 2. The fraction of sp³-hybridized carbons (Fsp3) is 0.0385. The number of para-hydroxylation sites is 1. The number of nitrogens with two attached hydrogens (primary N) is 2. The third-order valence-electron chi connectivity index (χ3n) is 5.49. The summed E-state index contributed by atoms with van der Waals surface area (Å²) in [6.07, 6.45) is 1.88. The van der Waals surface area contributed by atoms with Crippen molar-refractivity contribution in [1.29, 1.82) is 0 Å². The molecule has 5 heteroatoms. The normalized spacial score (nSPS) is 11.5. The van der Waals surface area contributed by atoms with E-state index in [2.05, 4.69) is 35.9 Å². The summed E-state index contributed by atoms with van der Waals surface area (Å²) >= 11 is 0. The van der Waals surface area contributed by atoms with Crippen LogP contribution in [0.3, 0.4) is 0 Å². The molecular formula is C26H23N5. The summed E-state index contributed by atoms with van der Waals surface area (Å²) in [4.78, 5) is 0. The molecule has 1 heterocycles. The van der Waals surface area contributed by atoms with Crippen LogP contribution in [0.4, 0.5) is 22.7 Å². The van der Waals surface area contributed by atoms with Gasteiger partial charge in [0.2, 0.25) is 0 Å². The lowest BCUT2D eigenvalue weighted by atomic mass is 10.1. The zero-order chi connectivity index (χ0) is 21.4. The number of nitrogens with zero attached hydrogens (tertiary/aromatic N) is 3. The van der Waals surface area contributed by atoms with E-state index in [1.54, 1.807) is 0 Å². The van der Waals surface area contributed by atoms with E-state index in [0.29, 0.717) is 5.69 Å². The standard InChI is InChI=1S/C26H23N5/c1-30-25-12-10-18(14-23(25)24-16-20(28)11-13-26(24)30)17-29-31(21-7-3-2-4-8-21)22-9-5-6-19(27)15-22/h2-17H,27-28H2,1H3. The molecule has 0 radical (unpaired) electrons. The predicted octanol–water partition coefficient (Wildman–Crippen LogP) is 5.67. The van der Waals surface area contributed by atoms with Gasteiger partial charge in [-0.15, -0.1) is 0 Å². The monoisotopic (exact) mass is 405 g/mol. The highest BCUT2D eigenvalue weighted by Crippen LogP contribution is 2.31. The summed E-state index contributed by atoms with van der Waals surface area (Å²) in [7, 11) is 2.07. The van der Waals surface area contributed by atoms with Gasteiger partial charge in [0.1, 0.15) is 0 Å². The lowest BCUT2D eigenvalue weighted by Gasteiger charge is -2.19. The van der Waals surface area contributed by atoms with E-state index in [1.807, 2.05) is 78.0 Å². The van der Waals surface area contributed by atoms with Crippen LogP contribution in [-0.4, -0.2) is 10.8 Å². The molecule has 152 valence electrons. The predicted molar refractivity (Wildman–Crippen MR) is 132 cm³/mol. The van der Waals surface area contributed by atoms with E-state index in [9.17, 15) is 0 Å². The van der Waals surface area contributed by atoms with Gasteiger partial charge in [-0.2, -0.15) is 5.10 Å². The average molecular weight is 406 g/mol. The molecule has 0 unspecified atom stereocenters. The lowest BCUT2D eigenvalue weighted by molar-refractivity contribution is 1.01. The molecule has 5 rings (SSSR count). The molecule has 4 aromatic carbocycles. The quantitative estimate of drug-likeness (QED) is 0.230. The average Bonchev–Trinajstić information content (AvgIpc) is 3.06. The maximum Gasteiger partial charge on any atom is 0.0673 e. The first-order chi connectivity index (χ1) is 15.1. The van der Waals surface area contributed by atoms with Gasteiger partial charge < -0.3 is 16.0 Å². The molecule has 0 aliphatic heterocycles. The zero-order valence-electron chi connectivity index (χ0n) is 17.2. The van der Waals surface area contributed by atoms with Gasteiger partial charge in [-0.05, 0) is 66.2 Å². The van der Waals surface area contributed by atoms with Crippen LogP contribution in [0.25, 0.3) is 21.8 Å². The SMILES string of the molecule is Cn1c2ccc(N)cc2c2cc(C=NN(c3ccccc3)c3cccc(N)c3)ccc21. The molecule has 0 atom stereocenters. The Morgan fingerprint density at radius 2 is 1.39 bits per heavy atom. The van der Waals surface area contributed by atoms with Gasteiger partial charge in [-0.3, -0.25) is 0 Å². The van der Waals surface area contributed by atoms with Crippen molar-refractivity contribution in [2.75, 3.05) is 16.5 Å². The molecule has 0 bridgehead atoms. The van der Waals surface area contributed by atoms with E-state index in [4.69, 9.17) is 16.6 Å². The van der Waals surface area contributed by atoms with E-state index in [-0.39, 0.29) is 0 Å². The van der Waals surface area contributed by atoms with Gasteiger partial charge in [-0.25, -0.2) is 5.01 Å². The highest BCUT2D eigenvalue weighted by molar-refractivity contribution is 6.10. The van der Waals surface area contributed by atoms with Crippen LogP contribution in [0, 0.1) is 0 Å². The lowest BCUT2D eigenvalue weighted by Crippen LogP contribution is -2.09. The number of hydrogen-bond donors (Lipinski definition) is 2. The number of hydrogen-bond acceptors (Lipinski definition) is 4. The summed E-state index contributed by atoms with van der Waals surface area (Å²) in [5.41, 5.74) is 18.7. The molecule has 0 aliphatic rings. The highest BCUT2D eigenvalue weighted by atomic mass is 15.5. The van der Waals surface area contributed by atoms with Crippen LogP contribution in [0.1, 0.15) is 5.56 Å². The minimum Gasteiger partial charge on any atom is -0.399 e. The number of anilines is 4. The summed E-state index contributed by atoms with van der Waals surface area (Å²) in [6, 6.07) is 30.1. The molecule has 0 saturated heterocycles. The second-order valence-corrected chi connectivity index (χ2v) is 7.60. The van der Waals surface area contributed by atoms with Crippen molar-refractivity contribution in [1.82, 2.24) is 4.57 Å². The summed E-state index contributed by atoms with van der Waals surface area (Å²) in [6.45, 7) is 0. The van der Waals surface area contributed by atoms with Gasteiger partial charge in [0, 0.05) is 40.2 Å². The molecule has 0 saturated carbocycles. The Morgan fingerprint density at radius 3 is 2.16 bits per heavy atom. The Bertz CT molecular complexity index is 1420. The first-order valence-corrected chi connectivity index (χ1v) is 10.1. The second kappa shape index (κ2) is 7.54. The fourth-order valence-electron chi connectivity index (χ4n) is 3.97. The first kappa shape index (κ1) is 18.8. The maximum absolute atomic E-state index is 6.05. The maximum atomic E-state index is 6.05. The van der Waals surface area contributed by atoms with Crippen molar-refractivity contribution >= 4 is 50.8 Å². The molecule has 5 aromatic rings. The third-order valence-corrected chi connectivity index (χ3v) is 5.49. The molecule has 1 aromatic heterocycles. The Labute approximate surface area is 180 Å². The van der Waals surface area contributed by atoms with Crippen LogP contribution in [0.15, 0.2) is 96.1 Å². The molecule has 31 heavy (non-hydrogen) atoms. The molecule has 0 spiro atoms. The minimum absolute atomic E-state index is 0.698. The van der Waals surface area contributed by atoms with E-state index >= 15 is 0 Å². The Hall–Kier alpha value is -4.25. The number of benzene rings is 4. The van der Waals surface area contributed by atoms with Crippen LogP contribution < -0.4 is 16.5 Å². The van der Waals surface area contributed by atoms with Crippen LogP contribution in [-0.2, 0) is 7.05 Å². The summed E-state index contributed by atoms with van der Waals surface area (Å²) < 4.78 is 2.19. The van der Waals surface area contributed by atoms with E-state index in [0.717, 1.165) is 44.4 Å². The number of hydrazone groups is 1. The van der Waals surface area contributed by atoms with Gasteiger partial charge in [0.25, 0.3) is 0 Å². The molecule has 0 amide bonds. The largest absolute Gasteiger partial charge is 0.399 e. The Morgan fingerprint density at radius 1 is 0.710 bits per heavy atom. The molecule has 0 fully saturated rings. The number of aryl methyl sites for hydroxylation is 1. The molecule has 5 nitrogen and oxygen atoms in total. The van der Waals surface area contributed by atoms with Crippen LogP contribution >= 0.6 is 0 Å². The smallest absolute Gasteiger partial charge is 0.0673 e. The minimum atomic E-state index is 0.698. The van der Waals surface area contributed by atoms with Crippen molar-refractivity contribution in [3.05, 3.63) is 96.6 Å². The third kappa shape index (κ3) is 3.46. The van der Waals surface area contributed by atoms with Crippen LogP contribution in [0.2, 0.25) is 0 Å². The van der Waals surface area contributed by atoms with Crippen molar-refractivity contribution in [3.63, 3.8) is 0 Å². The molecular weight excluding hydrogens is 382 g/mol. The fourth-order valence-corrected chi connectivity index (χ4v) is 3.97. The van der Waals surface area contributed by atoms with Crippen molar-refractivity contribution in [3.8, 4) is 0 Å². The zero-order valence-corrected chi connectivity index (χ0v) is 17.2. The van der Waals surface area contributed by atoms with Gasteiger partial charge in [0.05, 0.1) is 17.6 Å². The van der Waals surface area contributed by atoms with E-state index in [1.165, 1.54) is 0 Å². The van der Waals surface area contributed by atoms with E-state index < -0.39 is 0 Å². The van der Waals surface area contributed by atoms with Gasteiger partial charge in [-0.1, -0.05) is 30.3 Å². The van der Waals surface area contributed by atoms with Gasteiger partial charge in [0.15, 0.2) is 0 Å². The van der Waals surface area contributed by atoms with Crippen LogP contribution in [0.5, 0.6) is 0 Å². The highest BCUT2D eigenvalue weighted by Gasteiger charge is 2.10. The topological polar surface area (TPSA) is 72.6 Å². The number of rotatable bonds is 4. The summed E-state index contributed by atoms with van der Waals surface area (Å²) in [5.74, 6) is 0. The Balaban J connectivity index is 1.60. The second-order valence-electron chi connectivity index (χ2n) is 7.60. The summed E-state index contributed by atoms with van der Waals surface area (Å²) in [5, 5.41) is 9.00. The first-order valence-electron chi connectivity index (χ1n) is 10.1. The number of aromatic nitrogens is 1. The number of fused-ring (bicyclic) bond motifs is 3. The molecule has 0 aliphatic carbocycles. The van der Waals surface area contributed by atoms with Crippen molar-refractivity contribution in [2.45, 2.75) is 0 Å². The van der Waals surface area contributed by atoms with Crippen molar-refractivity contribution < 1.29 is 0 Å². The Kier molecular flexibility index (Phi) is 4.56. The van der Waals surface area contributed by atoms with Crippen molar-refractivity contribution in [2.24, 2.45) is 12.1 Å². The van der Waals surface area contributed by atoms with Gasteiger partial charge >= 0.3 is 0 Å². The molecule has 4 N–H and O–H groups in total.